The van der Waals surface area contributed by atoms with Crippen LogP contribution in [0.3, 0.4) is 0 Å². The minimum Gasteiger partial charge on any atom is -0.392 e. The Morgan fingerprint density at radius 2 is 2.04 bits per heavy atom. The van der Waals surface area contributed by atoms with Gasteiger partial charge in [-0.1, -0.05) is 29.4 Å². The average molecular weight is 347 g/mol. The van der Waals surface area contributed by atoms with Crippen molar-refractivity contribution in [2.45, 2.75) is 45.3 Å². The Morgan fingerprint density at radius 1 is 1.32 bits per heavy atom. The molecule has 136 valence electrons. The van der Waals surface area contributed by atoms with E-state index < -0.39 is 6.17 Å². The van der Waals surface area contributed by atoms with Gasteiger partial charge in [0.1, 0.15) is 6.17 Å². The van der Waals surface area contributed by atoms with Gasteiger partial charge in [0, 0.05) is 31.7 Å². The van der Waals surface area contributed by atoms with Gasteiger partial charge >= 0.3 is 0 Å². The first-order valence-electron chi connectivity index (χ1n) is 8.71. The van der Waals surface area contributed by atoms with Crippen LogP contribution in [0.1, 0.15) is 29.0 Å². The number of likely N-dealkylation sites (N-methyl/N-ethyl adjacent to an activating group) is 1. The van der Waals surface area contributed by atoms with Crippen molar-refractivity contribution in [3.63, 3.8) is 0 Å². The smallest absolute Gasteiger partial charge is 0.150 e. The SMILES string of the molecule is Cc1cc(CN2C[C@@H](F)C[C@H]2CN(C)Cc2ccc(CO)cc2)on1. The van der Waals surface area contributed by atoms with E-state index in [0.29, 0.717) is 19.5 Å². The van der Waals surface area contributed by atoms with E-state index in [-0.39, 0.29) is 12.6 Å². The van der Waals surface area contributed by atoms with E-state index in [0.717, 1.165) is 30.1 Å². The number of aromatic nitrogens is 1. The molecule has 0 spiro atoms. The quantitative estimate of drug-likeness (QED) is 0.834. The van der Waals surface area contributed by atoms with Gasteiger partial charge in [0.05, 0.1) is 18.8 Å². The topological polar surface area (TPSA) is 52.7 Å². The number of aryl methyl sites for hydroxylation is 1. The van der Waals surface area contributed by atoms with Crippen LogP contribution in [0.2, 0.25) is 0 Å². The first-order chi connectivity index (χ1) is 12.0. The average Bonchev–Trinajstić information content (AvgIpc) is 3.14. The van der Waals surface area contributed by atoms with Crippen LogP contribution in [0.15, 0.2) is 34.9 Å². The van der Waals surface area contributed by atoms with E-state index in [4.69, 9.17) is 9.63 Å². The minimum atomic E-state index is -0.786. The Balaban J connectivity index is 1.57. The number of halogens is 1. The van der Waals surface area contributed by atoms with Crippen molar-refractivity contribution in [3.05, 3.63) is 52.9 Å². The molecule has 0 unspecified atom stereocenters. The van der Waals surface area contributed by atoms with Crippen molar-refractivity contribution in [1.29, 1.82) is 0 Å². The molecule has 0 amide bonds. The van der Waals surface area contributed by atoms with E-state index in [2.05, 4.69) is 22.0 Å². The second-order valence-electron chi connectivity index (χ2n) is 7.02. The highest BCUT2D eigenvalue weighted by Gasteiger charge is 2.33. The molecule has 2 heterocycles. The van der Waals surface area contributed by atoms with Gasteiger partial charge in [-0.15, -0.1) is 0 Å². The van der Waals surface area contributed by atoms with Crippen LogP contribution in [0.4, 0.5) is 4.39 Å². The van der Waals surface area contributed by atoms with Gasteiger partial charge in [0.25, 0.3) is 0 Å². The molecule has 1 aliphatic heterocycles. The Kier molecular flexibility index (Phi) is 5.83. The standard InChI is InChI=1S/C19H26FN3O2/c1-14-7-19(25-21-14)12-23-10-17(20)8-18(23)11-22(2)9-15-3-5-16(13-24)6-4-15/h3-7,17-18,24H,8-13H2,1-2H3/t17-,18-/m0/s1. The van der Waals surface area contributed by atoms with Gasteiger partial charge in [-0.25, -0.2) is 4.39 Å². The fraction of sp³-hybridized carbons (Fsp3) is 0.526. The van der Waals surface area contributed by atoms with Crippen molar-refractivity contribution in [2.24, 2.45) is 0 Å². The van der Waals surface area contributed by atoms with Crippen LogP contribution in [0.5, 0.6) is 0 Å². The second kappa shape index (κ2) is 8.08. The van der Waals surface area contributed by atoms with Gasteiger partial charge in [0.2, 0.25) is 0 Å². The maximum Gasteiger partial charge on any atom is 0.150 e. The summed E-state index contributed by atoms with van der Waals surface area (Å²) in [6.45, 7) is 4.60. The number of rotatable bonds is 7. The predicted octanol–water partition coefficient (Wildman–Crippen LogP) is 2.52. The van der Waals surface area contributed by atoms with Crippen molar-refractivity contribution in [1.82, 2.24) is 15.0 Å². The zero-order chi connectivity index (χ0) is 17.8. The predicted molar refractivity (Wildman–Crippen MR) is 93.6 cm³/mol. The summed E-state index contributed by atoms with van der Waals surface area (Å²) in [7, 11) is 2.06. The molecule has 2 aromatic rings. The molecule has 6 heteroatoms. The maximum absolute atomic E-state index is 14.0. The van der Waals surface area contributed by atoms with Gasteiger partial charge in [-0.2, -0.15) is 0 Å². The molecule has 0 aliphatic carbocycles. The lowest BCUT2D eigenvalue weighted by Gasteiger charge is -2.27. The highest BCUT2D eigenvalue weighted by molar-refractivity contribution is 5.21. The normalized spacial score (nSPS) is 21.3. The summed E-state index contributed by atoms with van der Waals surface area (Å²) in [6, 6.07) is 10.0. The summed E-state index contributed by atoms with van der Waals surface area (Å²) in [4.78, 5) is 4.37. The van der Waals surface area contributed by atoms with E-state index >= 15 is 0 Å². The number of hydrogen-bond acceptors (Lipinski definition) is 5. The molecular weight excluding hydrogens is 321 g/mol. The summed E-state index contributed by atoms with van der Waals surface area (Å²) < 4.78 is 19.2. The minimum absolute atomic E-state index is 0.0617. The zero-order valence-electron chi connectivity index (χ0n) is 14.9. The molecule has 1 saturated heterocycles. The lowest BCUT2D eigenvalue weighted by Crippen LogP contribution is -2.38. The Morgan fingerprint density at radius 3 is 2.68 bits per heavy atom. The zero-order valence-corrected chi connectivity index (χ0v) is 14.9. The first-order valence-corrected chi connectivity index (χ1v) is 8.71. The number of hydrogen-bond donors (Lipinski definition) is 1. The maximum atomic E-state index is 14.0. The molecule has 0 saturated carbocycles. The molecule has 1 N–H and O–H groups in total. The lowest BCUT2D eigenvalue weighted by molar-refractivity contribution is 0.166. The molecule has 3 rings (SSSR count). The van der Waals surface area contributed by atoms with E-state index in [1.807, 2.05) is 37.3 Å². The molecule has 25 heavy (non-hydrogen) atoms. The number of likely N-dealkylation sites (tertiary alicyclic amines) is 1. The third kappa shape index (κ3) is 4.87. The molecule has 1 aromatic heterocycles. The van der Waals surface area contributed by atoms with Gasteiger partial charge in [-0.3, -0.25) is 4.90 Å². The number of alkyl halides is 1. The summed E-state index contributed by atoms with van der Waals surface area (Å²) in [5.74, 6) is 0.791. The van der Waals surface area contributed by atoms with Crippen molar-refractivity contribution >= 4 is 0 Å². The molecule has 1 aliphatic rings. The van der Waals surface area contributed by atoms with Crippen molar-refractivity contribution in [3.8, 4) is 0 Å². The van der Waals surface area contributed by atoms with E-state index in [1.165, 1.54) is 5.56 Å². The Bertz CT molecular complexity index is 674. The molecule has 0 radical (unpaired) electrons. The van der Waals surface area contributed by atoms with Crippen LogP contribution in [-0.4, -0.2) is 52.4 Å². The number of aliphatic hydroxyl groups is 1. The second-order valence-corrected chi connectivity index (χ2v) is 7.02. The highest BCUT2D eigenvalue weighted by atomic mass is 19.1. The molecule has 1 aromatic carbocycles. The van der Waals surface area contributed by atoms with Crippen LogP contribution in [-0.2, 0) is 19.7 Å². The fourth-order valence-corrected chi connectivity index (χ4v) is 3.48. The largest absolute Gasteiger partial charge is 0.392 e. The molecule has 2 atom stereocenters. The first kappa shape index (κ1) is 18.0. The Labute approximate surface area is 148 Å². The van der Waals surface area contributed by atoms with E-state index in [1.54, 1.807) is 0 Å². The highest BCUT2D eigenvalue weighted by Crippen LogP contribution is 2.24. The lowest BCUT2D eigenvalue weighted by atomic mass is 10.1. The van der Waals surface area contributed by atoms with Crippen LogP contribution >= 0.6 is 0 Å². The van der Waals surface area contributed by atoms with Gasteiger partial charge < -0.3 is 14.5 Å². The van der Waals surface area contributed by atoms with E-state index in [9.17, 15) is 4.39 Å². The van der Waals surface area contributed by atoms with Crippen LogP contribution < -0.4 is 0 Å². The molecular formula is C19H26FN3O2. The number of aliphatic hydroxyl groups excluding tert-OH is 1. The summed E-state index contributed by atoms with van der Waals surface area (Å²) in [5.41, 5.74) is 2.95. The summed E-state index contributed by atoms with van der Waals surface area (Å²) in [6.07, 6.45) is -0.229. The monoisotopic (exact) mass is 347 g/mol. The van der Waals surface area contributed by atoms with Crippen LogP contribution in [0, 0.1) is 6.92 Å². The van der Waals surface area contributed by atoms with Crippen molar-refractivity contribution < 1.29 is 14.0 Å². The molecule has 5 nitrogen and oxygen atoms in total. The summed E-state index contributed by atoms with van der Waals surface area (Å²) >= 11 is 0. The van der Waals surface area contributed by atoms with Gasteiger partial charge in [0.15, 0.2) is 5.76 Å². The Hall–Kier alpha value is -1.76. The third-order valence-electron chi connectivity index (χ3n) is 4.69. The van der Waals surface area contributed by atoms with Gasteiger partial charge in [-0.05, 0) is 31.5 Å². The fourth-order valence-electron chi connectivity index (χ4n) is 3.48. The number of benzene rings is 1. The van der Waals surface area contributed by atoms with Crippen molar-refractivity contribution in [2.75, 3.05) is 20.1 Å². The summed E-state index contributed by atoms with van der Waals surface area (Å²) in [5, 5.41) is 13.0. The van der Waals surface area contributed by atoms with Crippen LogP contribution in [0.25, 0.3) is 0 Å². The third-order valence-corrected chi connectivity index (χ3v) is 4.69. The number of nitrogens with zero attached hydrogens (tertiary/aromatic N) is 3. The molecule has 1 fully saturated rings. The molecule has 0 bridgehead atoms.